The van der Waals surface area contributed by atoms with E-state index in [0.29, 0.717) is 0 Å². The van der Waals surface area contributed by atoms with Crippen LogP contribution >= 0.6 is 0 Å². The fourth-order valence-corrected chi connectivity index (χ4v) is 2.50. The molecule has 0 aliphatic rings. The van der Waals surface area contributed by atoms with Crippen molar-refractivity contribution in [1.82, 2.24) is 0 Å². The van der Waals surface area contributed by atoms with Gasteiger partial charge in [0.25, 0.3) is 0 Å². The number of carbonyl (C=O) groups is 1. The lowest BCUT2D eigenvalue weighted by Crippen LogP contribution is -2.89. The molecule has 2 aromatic carbocycles. The maximum Gasteiger partial charge on any atom is 0.222 e. The molecule has 2 unspecified atom stereocenters. The summed E-state index contributed by atoms with van der Waals surface area (Å²) in [6.45, 7) is 2.05. The van der Waals surface area contributed by atoms with Crippen molar-refractivity contribution in [1.29, 1.82) is 0 Å². The van der Waals surface area contributed by atoms with Crippen LogP contribution in [0.1, 0.15) is 27.6 Å². The second kappa shape index (κ2) is 7.16. The molecule has 0 saturated carbocycles. The Morgan fingerprint density at radius 3 is 2.19 bits per heavy atom. The Balaban J connectivity index is 2.29. The minimum absolute atomic E-state index is 0.0884. The van der Waals surface area contributed by atoms with Gasteiger partial charge in [-0.1, -0.05) is 60.2 Å². The van der Waals surface area contributed by atoms with Crippen LogP contribution in [0, 0.1) is 6.92 Å². The number of quaternary nitrogens is 1. The highest BCUT2D eigenvalue weighted by Gasteiger charge is 2.32. The van der Waals surface area contributed by atoms with Crippen LogP contribution < -0.4 is 5.32 Å². The highest BCUT2D eigenvalue weighted by atomic mass is 16.5. The molecule has 0 aliphatic carbocycles. The van der Waals surface area contributed by atoms with E-state index in [-0.39, 0.29) is 17.9 Å². The van der Waals surface area contributed by atoms with E-state index in [4.69, 9.17) is 4.74 Å². The topological polar surface area (TPSA) is 42.9 Å². The van der Waals surface area contributed by atoms with Crippen LogP contribution in [-0.4, -0.2) is 26.0 Å². The van der Waals surface area contributed by atoms with Crippen LogP contribution in [0.3, 0.4) is 0 Å². The molecule has 2 atom stereocenters. The monoisotopic (exact) mass is 284 g/mol. The fraction of sp³-hybridized carbons (Fsp3) is 0.278. The van der Waals surface area contributed by atoms with Crippen molar-refractivity contribution in [2.45, 2.75) is 19.1 Å². The average molecular weight is 284 g/mol. The maximum atomic E-state index is 12.7. The van der Waals surface area contributed by atoms with Crippen LogP contribution in [0.25, 0.3) is 0 Å². The van der Waals surface area contributed by atoms with Gasteiger partial charge in [0, 0.05) is 12.7 Å². The van der Waals surface area contributed by atoms with Crippen molar-refractivity contribution in [3.05, 3.63) is 71.3 Å². The normalized spacial score (nSPS) is 13.7. The second-order valence-electron chi connectivity index (χ2n) is 5.16. The molecule has 0 amide bonds. The Hall–Kier alpha value is -1.97. The predicted molar refractivity (Wildman–Crippen MR) is 83.3 cm³/mol. The number of hydrogen-bond acceptors (Lipinski definition) is 2. The molecule has 2 N–H and O–H groups in total. The summed E-state index contributed by atoms with van der Waals surface area (Å²) in [4.78, 5) is 12.7. The third kappa shape index (κ3) is 3.57. The van der Waals surface area contributed by atoms with Gasteiger partial charge in [-0.2, -0.15) is 0 Å². The summed E-state index contributed by atoms with van der Waals surface area (Å²) >= 11 is 0. The van der Waals surface area contributed by atoms with E-state index in [1.54, 1.807) is 7.11 Å². The molecule has 0 aliphatic heterocycles. The number of carbonyl (C=O) groups excluding carboxylic acids is 1. The smallest absolute Gasteiger partial charge is 0.222 e. The quantitative estimate of drug-likeness (QED) is 0.826. The molecule has 2 aromatic rings. The summed E-state index contributed by atoms with van der Waals surface area (Å²) in [5.41, 5.74) is 2.94. The molecular formula is C18H22NO2+. The number of hydrogen-bond donors (Lipinski definition) is 1. The average Bonchev–Trinajstić information content (AvgIpc) is 2.54. The van der Waals surface area contributed by atoms with E-state index < -0.39 is 0 Å². The zero-order valence-corrected chi connectivity index (χ0v) is 12.7. The molecule has 0 radical (unpaired) electrons. The van der Waals surface area contributed by atoms with E-state index >= 15 is 0 Å². The fourth-order valence-electron chi connectivity index (χ4n) is 2.50. The number of methoxy groups -OCH3 is 1. The van der Waals surface area contributed by atoms with Crippen molar-refractivity contribution in [3.8, 4) is 0 Å². The molecule has 21 heavy (non-hydrogen) atoms. The van der Waals surface area contributed by atoms with E-state index in [1.807, 2.05) is 73.9 Å². The van der Waals surface area contributed by atoms with Gasteiger partial charge in [-0.15, -0.1) is 0 Å². The highest BCUT2D eigenvalue weighted by Crippen LogP contribution is 2.21. The number of Topliss-reactive ketones (excluding diaryl/α,β-unsaturated/α-hetero) is 1. The zero-order valence-electron chi connectivity index (χ0n) is 12.7. The Morgan fingerprint density at radius 2 is 1.67 bits per heavy atom. The van der Waals surface area contributed by atoms with Gasteiger partial charge in [-0.25, -0.2) is 0 Å². The summed E-state index contributed by atoms with van der Waals surface area (Å²) in [6, 6.07) is 17.2. The van der Waals surface area contributed by atoms with Gasteiger partial charge in [0.05, 0.1) is 7.05 Å². The maximum absolute atomic E-state index is 12.7. The molecule has 110 valence electrons. The van der Waals surface area contributed by atoms with E-state index in [2.05, 4.69) is 0 Å². The van der Waals surface area contributed by atoms with Crippen molar-refractivity contribution in [3.63, 3.8) is 0 Å². The Kier molecular flexibility index (Phi) is 5.26. The second-order valence-corrected chi connectivity index (χ2v) is 5.16. The van der Waals surface area contributed by atoms with Crippen LogP contribution in [0.5, 0.6) is 0 Å². The van der Waals surface area contributed by atoms with Crippen molar-refractivity contribution < 1.29 is 14.8 Å². The molecule has 0 bridgehead atoms. The minimum Gasteiger partial charge on any atom is -0.370 e. The molecular weight excluding hydrogens is 262 g/mol. The first-order valence-corrected chi connectivity index (χ1v) is 7.15. The van der Waals surface area contributed by atoms with Gasteiger partial charge in [0.2, 0.25) is 5.78 Å². The number of aryl methyl sites for hydroxylation is 1. The molecule has 3 heteroatoms. The summed E-state index contributed by atoms with van der Waals surface area (Å²) in [7, 11) is 3.56. The summed E-state index contributed by atoms with van der Waals surface area (Å²) in [6.07, 6.45) is -0.261. The van der Waals surface area contributed by atoms with Gasteiger partial charge < -0.3 is 10.1 Å². The number of ether oxygens (including phenoxy) is 1. The minimum atomic E-state index is -0.292. The van der Waals surface area contributed by atoms with E-state index in [1.165, 1.54) is 5.56 Å². The van der Waals surface area contributed by atoms with Crippen LogP contribution in [0.15, 0.2) is 54.6 Å². The lowest BCUT2D eigenvalue weighted by Gasteiger charge is -2.22. The summed E-state index contributed by atoms with van der Waals surface area (Å²) < 4.78 is 5.62. The third-order valence-corrected chi connectivity index (χ3v) is 3.71. The Labute approximate surface area is 126 Å². The molecule has 0 spiro atoms. The number of benzene rings is 2. The van der Waals surface area contributed by atoms with Crippen molar-refractivity contribution >= 4 is 5.78 Å². The Bertz CT molecular complexity index is 578. The first kappa shape index (κ1) is 15.4. The SMILES string of the molecule is C[NH2+]C(C(=O)c1ccccc1)C(OC)c1ccc(C)cc1. The van der Waals surface area contributed by atoms with Crippen LogP contribution in [-0.2, 0) is 4.74 Å². The summed E-state index contributed by atoms with van der Waals surface area (Å²) in [5, 5.41) is 1.92. The zero-order chi connectivity index (χ0) is 15.2. The van der Waals surface area contributed by atoms with Crippen molar-refractivity contribution in [2.75, 3.05) is 14.2 Å². The van der Waals surface area contributed by atoms with E-state index in [9.17, 15) is 4.79 Å². The van der Waals surface area contributed by atoms with Crippen LogP contribution in [0.2, 0.25) is 0 Å². The molecule has 0 aromatic heterocycles. The predicted octanol–water partition coefficient (Wildman–Crippen LogP) is 2.13. The number of likely N-dealkylation sites (N-methyl/N-ethyl adjacent to an activating group) is 1. The standard InChI is InChI=1S/C18H21NO2/c1-13-9-11-15(12-10-13)18(21-3)16(19-2)17(20)14-7-5-4-6-8-14/h4-12,16,18-19H,1-3H3/p+1. The van der Waals surface area contributed by atoms with Gasteiger partial charge in [0.15, 0.2) is 6.04 Å². The third-order valence-electron chi connectivity index (χ3n) is 3.71. The van der Waals surface area contributed by atoms with Gasteiger partial charge in [-0.3, -0.25) is 4.79 Å². The van der Waals surface area contributed by atoms with Crippen LogP contribution in [0.4, 0.5) is 0 Å². The first-order chi connectivity index (χ1) is 10.2. The lowest BCUT2D eigenvalue weighted by atomic mass is 9.94. The molecule has 0 fully saturated rings. The van der Waals surface area contributed by atoms with Gasteiger partial charge >= 0.3 is 0 Å². The van der Waals surface area contributed by atoms with Gasteiger partial charge in [-0.05, 0) is 12.5 Å². The number of ketones is 1. The molecule has 2 rings (SSSR count). The lowest BCUT2D eigenvalue weighted by molar-refractivity contribution is -0.657. The molecule has 0 heterocycles. The summed E-state index contributed by atoms with van der Waals surface area (Å²) in [5.74, 6) is 0.0884. The first-order valence-electron chi connectivity index (χ1n) is 7.15. The molecule has 3 nitrogen and oxygen atoms in total. The Morgan fingerprint density at radius 1 is 1.05 bits per heavy atom. The largest absolute Gasteiger partial charge is 0.370 e. The molecule has 0 saturated heterocycles. The highest BCUT2D eigenvalue weighted by molar-refractivity contribution is 5.99. The van der Waals surface area contributed by atoms with E-state index in [0.717, 1.165) is 11.1 Å². The van der Waals surface area contributed by atoms with Gasteiger partial charge in [0.1, 0.15) is 6.10 Å². The number of rotatable bonds is 6. The van der Waals surface area contributed by atoms with Crippen molar-refractivity contribution in [2.24, 2.45) is 0 Å². The number of nitrogens with two attached hydrogens (primary N) is 1.